The molecule has 0 atom stereocenters. The van der Waals surface area contributed by atoms with Gasteiger partial charge < -0.3 is 10.6 Å². The molecule has 0 unspecified atom stereocenters. The first kappa shape index (κ1) is 20.5. The molecule has 1 heterocycles. The number of nitrogens with two attached hydrogens (primary N) is 1. The Morgan fingerprint density at radius 2 is 1.76 bits per heavy atom. The van der Waals surface area contributed by atoms with Crippen LogP contribution in [0.1, 0.15) is 18.3 Å². The number of hydrogen-bond donors (Lipinski definition) is 1. The maximum Gasteiger partial charge on any atom is 0.261 e. The smallest absolute Gasteiger partial charge is 0.261 e. The average molecular weight is 393 g/mol. The first-order valence-corrected chi connectivity index (χ1v) is 9.64. The van der Waals surface area contributed by atoms with E-state index < -0.39 is 5.91 Å². The van der Waals surface area contributed by atoms with Crippen molar-refractivity contribution in [3.63, 3.8) is 0 Å². The Bertz CT molecular complexity index is 1060. The van der Waals surface area contributed by atoms with E-state index in [9.17, 15) is 9.59 Å². The second kappa shape index (κ2) is 8.87. The lowest BCUT2D eigenvalue weighted by Crippen LogP contribution is -2.34. The van der Waals surface area contributed by atoms with E-state index in [1.54, 1.807) is 12.1 Å². The molecule has 0 saturated carbocycles. The molecule has 1 aromatic heterocycles. The summed E-state index contributed by atoms with van der Waals surface area (Å²) in [5.41, 5.74) is 8.08. The van der Waals surface area contributed by atoms with Gasteiger partial charge >= 0.3 is 0 Å². The molecular formula is C22H27N5O2. The van der Waals surface area contributed by atoms with Crippen LogP contribution in [-0.2, 0) is 24.4 Å². The Kier molecular flexibility index (Phi) is 6.29. The van der Waals surface area contributed by atoms with E-state index in [0.717, 1.165) is 12.2 Å². The number of anilines is 1. The van der Waals surface area contributed by atoms with Gasteiger partial charge in [0.25, 0.3) is 5.56 Å². The normalized spacial score (nSPS) is 11.2. The van der Waals surface area contributed by atoms with E-state index in [0.29, 0.717) is 29.8 Å². The number of carbonyl (C=O) groups is 1. The second-order valence-electron chi connectivity index (χ2n) is 7.27. The van der Waals surface area contributed by atoms with Gasteiger partial charge in [-0.1, -0.05) is 31.2 Å². The average Bonchev–Trinajstić information content (AvgIpc) is 2.70. The van der Waals surface area contributed by atoms with Crippen molar-refractivity contribution in [1.29, 1.82) is 0 Å². The second-order valence-corrected chi connectivity index (χ2v) is 7.27. The van der Waals surface area contributed by atoms with Crippen molar-refractivity contribution in [1.82, 2.24) is 14.5 Å². The zero-order valence-electron chi connectivity index (χ0n) is 17.1. The number of benzene rings is 2. The van der Waals surface area contributed by atoms with Gasteiger partial charge in [-0.15, -0.1) is 0 Å². The number of amides is 1. The zero-order valence-corrected chi connectivity index (χ0v) is 17.1. The van der Waals surface area contributed by atoms with Crippen LogP contribution in [0.5, 0.6) is 0 Å². The molecule has 29 heavy (non-hydrogen) atoms. The van der Waals surface area contributed by atoms with Crippen LogP contribution in [0.4, 0.5) is 5.69 Å². The highest BCUT2D eigenvalue weighted by Crippen LogP contribution is 2.15. The number of nitrogens with zero attached hydrogens (tertiary/aromatic N) is 4. The molecule has 7 nitrogen and oxygen atoms in total. The van der Waals surface area contributed by atoms with Gasteiger partial charge in [-0.2, -0.15) is 0 Å². The summed E-state index contributed by atoms with van der Waals surface area (Å²) in [4.78, 5) is 33.4. The summed E-state index contributed by atoms with van der Waals surface area (Å²) in [7, 11) is 4.02. The third-order valence-corrected chi connectivity index (χ3v) is 4.93. The number of hydrogen-bond acceptors (Lipinski definition) is 5. The van der Waals surface area contributed by atoms with Crippen LogP contribution in [0.3, 0.4) is 0 Å². The molecule has 0 spiro atoms. The van der Waals surface area contributed by atoms with Crippen molar-refractivity contribution >= 4 is 22.5 Å². The Labute approximate surface area is 170 Å². The highest BCUT2D eigenvalue weighted by molar-refractivity contribution is 5.78. The molecular weight excluding hydrogens is 366 g/mol. The Morgan fingerprint density at radius 3 is 2.38 bits per heavy atom. The highest BCUT2D eigenvalue weighted by Gasteiger charge is 2.15. The molecule has 1 amide bonds. The molecule has 2 aromatic carbocycles. The van der Waals surface area contributed by atoms with Crippen LogP contribution in [0.2, 0.25) is 0 Å². The van der Waals surface area contributed by atoms with E-state index in [2.05, 4.69) is 46.0 Å². The third-order valence-electron chi connectivity index (χ3n) is 4.93. The van der Waals surface area contributed by atoms with Gasteiger partial charge in [-0.3, -0.25) is 19.1 Å². The van der Waals surface area contributed by atoms with Crippen LogP contribution in [-0.4, -0.2) is 41.0 Å². The van der Waals surface area contributed by atoms with E-state index in [1.807, 2.05) is 26.2 Å². The molecule has 0 aliphatic carbocycles. The summed E-state index contributed by atoms with van der Waals surface area (Å²) in [6, 6.07) is 15.5. The van der Waals surface area contributed by atoms with E-state index in [-0.39, 0.29) is 12.1 Å². The summed E-state index contributed by atoms with van der Waals surface area (Å²) in [6.45, 7) is 3.81. The molecule has 0 bridgehead atoms. The van der Waals surface area contributed by atoms with E-state index in [1.165, 1.54) is 10.1 Å². The molecule has 7 heteroatoms. The number of carbonyl (C=O) groups excluding carboxylic acids is 1. The van der Waals surface area contributed by atoms with E-state index in [4.69, 9.17) is 5.73 Å². The van der Waals surface area contributed by atoms with Gasteiger partial charge in [0.1, 0.15) is 12.4 Å². The fourth-order valence-corrected chi connectivity index (χ4v) is 3.29. The number of para-hydroxylation sites is 1. The summed E-state index contributed by atoms with van der Waals surface area (Å²) >= 11 is 0. The first-order valence-electron chi connectivity index (χ1n) is 9.64. The summed E-state index contributed by atoms with van der Waals surface area (Å²) in [6.07, 6.45) is 0. The van der Waals surface area contributed by atoms with Gasteiger partial charge in [0.2, 0.25) is 5.91 Å². The molecule has 0 aliphatic heterocycles. The van der Waals surface area contributed by atoms with Gasteiger partial charge in [-0.25, -0.2) is 4.98 Å². The van der Waals surface area contributed by atoms with Crippen molar-refractivity contribution in [3.05, 3.63) is 70.3 Å². The fraction of sp³-hybridized carbons (Fsp3) is 0.318. The highest BCUT2D eigenvalue weighted by atomic mass is 16.2. The van der Waals surface area contributed by atoms with Crippen molar-refractivity contribution < 1.29 is 4.79 Å². The van der Waals surface area contributed by atoms with Gasteiger partial charge in [0, 0.05) is 26.3 Å². The Hall–Kier alpha value is -3.19. The number of aromatic nitrogens is 2. The molecule has 3 rings (SSSR count). The first-order chi connectivity index (χ1) is 13.9. The number of rotatable bonds is 8. The van der Waals surface area contributed by atoms with Crippen molar-refractivity contribution in [3.8, 4) is 0 Å². The molecule has 0 radical (unpaired) electrons. The lowest BCUT2D eigenvalue weighted by molar-refractivity contribution is -0.118. The van der Waals surface area contributed by atoms with Crippen molar-refractivity contribution in [2.45, 2.75) is 26.6 Å². The quantitative estimate of drug-likeness (QED) is 0.633. The summed E-state index contributed by atoms with van der Waals surface area (Å²) < 4.78 is 1.39. The maximum atomic E-state index is 12.9. The molecule has 0 aliphatic rings. The SMILES string of the molecule is CCN(Cc1ccc(N(C)C)cc1)Cc1nc2ccccc2c(=O)n1CC(N)=O. The van der Waals surface area contributed by atoms with Crippen molar-refractivity contribution in [2.24, 2.45) is 5.73 Å². The van der Waals surface area contributed by atoms with Gasteiger partial charge in [-0.05, 0) is 36.4 Å². The number of fused-ring (bicyclic) bond motifs is 1. The van der Waals surface area contributed by atoms with E-state index >= 15 is 0 Å². The van der Waals surface area contributed by atoms with Gasteiger partial charge in [0.05, 0.1) is 17.4 Å². The molecule has 0 fully saturated rings. The van der Waals surface area contributed by atoms with Gasteiger partial charge in [0.15, 0.2) is 0 Å². The molecule has 3 aromatic rings. The zero-order chi connectivity index (χ0) is 21.0. The monoisotopic (exact) mass is 393 g/mol. The minimum Gasteiger partial charge on any atom is -0.378 e. The lowest BCUT2D eigenvalue weighted by atomic mass is 10.2. The largest absolute Gasteiger partial charge is 0.378 e. The standard InChI is InChI=1S/C22H27N5O2/c1-4-26(13-16-9-11-17(12-10-16)25(2)3)15-21-24-19-8-6-5-7-18(19)22(29)27(21)14-20(23)28/h5-12H,4,13-15H2,1-3H3,(H2,23,28). The van der Waals surface area contributed by atoms with Crippen LogP contribution < -0.4 is 16.2 Å². The lowest BCUT2D eigenvalue weighted by Gasteiger charge is -2.22. The van der Waals surface area contributed by atoms with Crippen LogP contribution >= 0.6 is 0 Å². The molecule has 2 N–H and O–H groups in total. The van der Waals surface area contributed by atoms with Crippen LogP contribution in [0.25, 0.3) is 10.9 Å². The molecule has 152 valence electrons. The Morgan fingerprint density at radius 1 is 1.07 bits per heavy atom. The topological polar surface area (TPSA) is 84.5 Å². The predicted octanol–water partition coefficient (Wildman–Crippen LogP) is 1.97. The summed E-state index contributed by atoms with van der Waals surface area (Å²) in [5, 5.41) is 0.486. The van der Waals surface area contributed by atoms with Crippen molar-refractivity contribution in [2.75, 3.05) is 25.5 Å². The summed E-state index contributed by atoms with van der Waals surface area (Å²) in [5.74, 6) is -0.0213. The minimum absolute atomic E-state index is 0.179. The number of primary amides is 1. The maximum absolute atomic E-state index is 12.9. The predicted molar refractivity (Wildman–Crippen MR) is 116 cm³/mol. The third kappa shape index (κ3) is 4.81. The van der Waals surface area contributed by atoms with Crippen LogP contribution in [0.15, 0.2) is 53.3 Å². The van der Waals surface area contributed by atoms with Crippen LogP contribution in [0, 0.1) is 0 Å². The minimum atomic E-state index is -0.562. The fourth-order valence-electron chi connectivity index (χ4n) is 3.29. The Balaban J connectivity index is 1.91. The molecule has 0 saturated heterocycles.